The molecule has 152 valence electrons. The van der Waals surface area contributed by atoms with E-state index in [0.717, 1.165) is 23.5 Å². The number of carbonyl (C=O) groups is 2. The fraction of sp³-hybridized carbons (Fsp3) is 0.333. The fourth-order valence-electron chi connectivity index (χ4n) is 2.78. The van der Waals surface area contributed by atoms with Gasteiger partial charge in [0, 0.05) is 16.6 Å². The van der Waals surface area contributed by atoms with Crippen molar-refractivity contribution >= 4 is 29.0 Å². The summed E-state index contributed by atoms with van der Waals surface area (Å²) in [5.41, 5.74) is 1.35. The van der Waals surface area contributed by atoms with Crippen LogP contribution in [-0.4, -0.2) is 26.9 Å². The summed E-state index contributed by atoms with van der Waals surface area (Å²) in [5.74, 6) is -0.385. The van der Waals surface area contributed by atoms with Gasteiger partial charge in [0.05, 0.1) is 6.26 Å². The van der Waals surface area contributed by atoms with Gasteiger partial charge >= 0.3 is 0 Å². The number of nitrogens with one attached hydrogen (secondary N) is 1. The molecule has 0 unspecified atom stereocenters. The normalized spacial score (nSPS) is 12.4. The Morgan fingerprint density at radius 2 is 1.97 bits per heavy atom. The van der Waals surface area contributed by atoms with Gasteiger partial charge in [0.25, 0.3) is 11.8 Å². The summed E-state index contributed by atoms with van der Waals surface area (Å²) in [6.45, 7) is 7.83. The van der Waals surface area contributed by atoms with Crippen molar-refractivity contribution in [1.82, 2.24) is 14.9 Å². The molecule has 1 aromatic carbocycles. The van der Waals surface area contributed by atoms with E-state index >= 15 is 0 Å². The van der Waals surface area contributed by atoms with E-state index < -0.39 is 17.5 Å². The minimum Gasteiger partial charge on any atom is -0.467 e. The first-order chi connectivity index (χ1) is 13.8. The number of carbonyl (C=O) groups excluding carboxylic acids is 2. The Hall–Kier alpha value is -3.00. The van der Waals surface area contributed by atoms with Gasteiger partial charge in [0.2, 0.25) is 0 Å². The van der Waals surface area contributed by atoms with E-state index in [4.69, 9.17) is 4.42 Å². The molecule has 0 fully saturated rings. The SMILES string of the molecule is CCC(C)(C)NC(=O)[C@@H](c1ccco1)N(C(=O)c1csnn1)c1ccc(C)cc1. The van der Waals surface area contributed by atoms with Crippen LogP contribution in [0.15, 0.2) is 52.5 Å². The third-order valence-corrected chi connectivity index (χ3v) is 5.28. The van der Waals surface area contributed by atoms with Gasteiger partial charge in [0.15, 0.2) is 11.7 Å². The van der Waals surface area contributed by atoms with E-state index in [9.17, 15) is 9.59 Å². The van der Waals surface area contributed by atoms with Gasteiger partial charge in [-0.3, -0.25) is 14.5 Å². The number of aryl methyl sites for hydroxylation is 1. The van der Waals surface area contributed by atoms with Crippen LogP contribution in [0.4, 0.5) is 5.69 Å². The molecule has 2 heterocycles. The molecule has 0 radical (unpaired) electrons. The van der Waals surface area contributed by atoms with Crippen LogP contribution in [0, 0.1) is 6.92 Å². The number of hydrogen-bond acceptors (Lipinski definition) is 6. The lowest BCUT2D eigenvalue weighted by molar-refractivity contribution is -0.124. The van der Waals surface area contributed by atoms with Gasteiger partial charge in [-0.15, -0.1) is 5.10 Å². The summed E-state index contributed by atoms with van der Waals surface area (Å²) in [4.78, 5) is 28.2. The van der Waals surface area contributed by atoms with Gasteiger partial charge in [-0.2, -0.15) is 0 Å². The summed E-state index contributed by atoms with van der Waals surface area (Å²) in [7, 11) is 0. The smallest absolute Gasteiger partial charge is 0.280 e. The van der Waals surface area contributed by atoms with E-state index in [1.807, 2.05) is 39.8 Å². The Balaban J connectivity index is 2.10. The number of furan rings is 1. The summed E-state index contributed by atoms with van der Waals surface area (Å²) in [5, 5.41) is 8.50. The Morgan fingerprint density at radius 1 is 1.24 bits per heavy atom. The number of benzene rings is 1. The highest BCUT2D eigenvalue weighted by Gasteiger charge is 2.37. The average Bonchev–Trinajstić information content (AvgIpc) is 3.40. The maximum atomic E-state index is 13.4. The Bertz CT molecular complexity index is 950. The third-order valence-electron chi connectivity index (χ3n) is 4.77. The molecule has 0 bridgehead atoms. The molecule has 0 spiro atoms. The first kappa shape index (κ1) is 20.7. The second kappa shape index (κ2) is 8.57. The first-order valence-corrected chi connectivity index (χ1v) is 10.2. The Morgan fingerprint density at radius 3 is 2.52 bits per heavy atom. The first-order valence-electron chi connectivity index (χ1n) is 9.35. The maximum Gasteiger partial charge on any atom is 0.280 e. The predicted molar refractivity (Wildman–Crippen MR) is 112 cm³/mol. The zero-order valence-corrected chi connectivity index (χ0v) is 17.7. The minimum atomic E-state index is -0.993. The van der Waals surface area contributed by atoms with E-state index in [-0.39, 0.29) is 11.6 Å². The molecule has 7 nitrogen and oxygen atoms in total. The fourth-order valence-corrected chi connectivity index (χ4v) is 3.21. The minimum absolute atomic E-state index is 0.176. The number of nitrogens with zero attached hydrogens (tertiary/aromatic N) is 3. The molecule has 3 aromatic rings. The van der Waals surface area contributed by atoms with Crippen LogP contribution in [0.25, 0.3) is 0 Å². The molecular weight excluding hydrogens is 388 g/mol. The summed E-state index contributed by atoms with van der Waals surface area (Å²) >= 11 is 1.08. The van der Waals surface area contributed by atoms with Crippen LogP contribution in [-0.2, 0) is 4.79 Å². The van der Waals surface area contributed by atoms with Gasteiger partial charge in [-0.1, -0.05) is 29.1 Å². The van der Waals surface area contributed by atoms with E-state index in [2.05, 4.69) is 14.9 Å². The van der Waals surface area contributed by atoms with Crippen LogP contribution in [0.3, 0.4) is 0 Å². The maximum absolute atomic E-state index is 13.4. The van der Waals surface area contributed by atoms with E-state index in [0.29, 0.717) is 11.4 Å². The summed E-state index contributed by atoms with van der Waals surface area (Å²) in [6, 6.07) is 9.79. The summed E-state index contributed by atoms with van der Waals surface area (Å²) in [6.07, 6.45) is 2.22. The van der Waals surface area contributed by atoms with Crippen LogP contribution < -0.4 is 10.2 Å². The molecular formula is C21H24N4O3S. The molecule has 2 amide bonds. The zero-order chi connectivity index (χ0) is 21.0. The number of aromatic nitrogens is 2. The lowest BCUT2D eigenvalue weighted by Crippen LogP contribution is -2.50. The van der Waals surface area contributed by atoms with Gasteiger partial charge in [-0.05, 0) is 63.0 Å². The summed E-state index contributed by atoms with van der Waals surface area (Å²) < 4.78 is 9.36. The molecule has 1 N–H and O–H groups in total. The number of hydrogen-bond donors (Lipinski definition) is 1. The van der Waals surface area contributed by atoms with Crippen molar-refractivity contribution in [3.05, 3.63) is 65.1 Å². The van der Waals surface area contributed by atoms with Crippen molar-refractivity contribution < 1.29 is 14.0 Å². The molecule has 3 rings (SSSR count). The monoisotopic (exact) mass is 412 g/mol. The number of rotatable bonds is 7. The van der Waals surface area contributed by atoms with Crippen molar-refractivity contribution in [2.24, 2.45) is 0 Å². The highest BCUT2D eigenvalue weighted by atomic mass is 32.1. The van der Waals surface area contributed by atoms with E-state index in [1.165, 1.54) is 11.2 Å². The molecule has 0 saturated carbocycles. The van der Waals surface area contributed by atoms with E-state index in [1.54, 1.807) is 29.6 Å². The van der Waals surface area contributed by atoms with Crippen molar-refractivity contribution in [2.45, 2.75) is 45.7 Å². The standard InChI is InChI=1S/C21H24N4O3S/c1-5-21(3,4)22-19(26)18(17-7-6-12-28-17)25(15-10-8-14(2)9-11-15)20(27)16-13-29-24-23-16/h6-13,18H,5H2,1-4H3,(H,22,26)/t18-/m1/s1. The zero-order valence-electron chi connectivity index (χ0n) is 16.9. The van der Waals surface area contributed by atoms with Crippen molar-refractivity contribution in [3.8, 4) is 0 Å². The number of amides is 2. The highest BCUT2D eigenvalue weighted by Crippen LogP contribution is 2.31. The second-order valence-corrected chi connectivity index (χ2v) is 8.06. The second-order valence-electron chi connectivity index (χ2n) is 7.45. The van der Waals surface area contributed by atoms with Crippen molar-refractivity contribution in [1.29, 1.82) is 0 Å². The lowest BCUT2D eigenvalue weighted by atomic mass is 10.0. The van der Waals surface area contributed by atoms with Crippen molar-refractivity contribution in [3.63, 3.8) is 0 Å². The van der Waals surface area contributed by atoms with Gasteiger partial charge in [0.1, 0.15) is 5.76 Å². The quantitative estimate of drug-likeness (QED) is 0.630. The van der Waals surface area contributed by atoms with Crippen LogP contribution >= 0.6 is 11.5 Å². The van der Waals surface area contributed by atoms with Crippen LogP contribution in [0.5, 0.6) is 0 Å². The Labute approximate surface area is 173 Å². The molecule has 0 aliphatic carbocycles. The largest absolute Gasteiger partial charge is 0.467 e. The molecule has 29 heavy (non-hydrogen) atoms. The predicted octanol–water partition coefficient (Wildman–Crippen LogP) is 4.13. The molecule has 2 aromatic heterocycles. The van der Waals surface area contributed by atoms with Crippen LogP contribution in [0.1, 0.15) is 55.0 Å². The Kier molecular flexibility index (Phi) is 6.12. The third kappa shape index (κ3) is 4.71. The molecule has 0 aliphatic rings. The molecule has 0 saturated heterocycles. The van der Waals surface area contributed by atoms with Crippen molar-refractivity contribution in [2.75, 3.05) is 4.90 Å². The van der Waals surface area contributed by atoms with Crippen LogP contribution in [0.2, 0.25) is 0 Å². The molecule has 1 atom stereocenters. The highest BCUT2D eigenvalue weighted by molar-refractivity contribution is 7.03. The number of anilines is 1. The topological polar surface area (TPSA) is 88.3 Å². The van der Waals surface area contributed by atoms with Gasteiger partial charge in [-0.25, -0.2) is 0 Å². The average molecular weight is 413 g/mol. The molecule has 8 heteroatoms. The lowest BCUT2D eigenvalue weighted by Gasteiger charge is -2.33. The molecule has 0 aliphatic heterocycles. The van der Waals surface area contributed by atoms with Gasteiger partial charge < -0.3 is 9.73 Å².